The maximum atomic E-state index is 11.2. The highest BCUT2D eigenvalue weighted by atomic mass is 16.1. The van der Waals surface area contributed by atoms with E-state index in [1.807, 2.05) is 0 Å². The highest BCUT2D eigenvalue weighted by Gasteiger charge is 2.14. The van der Waals surface area contributed by atoms with Crippen molar-refractivity contribution in [1.82, 2.24) is 5.32 Å². The summed E-state index contributed by atoms with van der Waals surface area (Å²) >= 11 is 0. The molecule has 0 aliphatic heterocycles. The Morgan fingerprint density at radius 1 is 1.43 bits per heavy atom. The average Bonchev–Trinajstić information content (AvgIpc) is 1.96. The number of amides is 1. The van der Waals surface area contributed by atoms with Crippen molar-refractivity contribution in [2.24, 2.45) is 5.92 Å². The molecule has 0 aromatic heterocycles. The highest BCUT2D eigenvalue weighted by molar-refractivity contribution is 5.92. The zero-order valence-electron chi connectivity index (χ0n) is 10.1. The number of carbonyl (C=O) groups excluding carboxylic acids is 1. The zero-order valence-corrected chi connectivity index (χ0v) is 10.1. The first kappa shape index (κ1) is 13.2. The fraction of sp³-hybridized carbons (Fsp3) is 0.727. The van der Waals surface area contributed by atoms with Gasteiger partial charge in [-0.2, -0.15) is 0 Å². The molecule has 14 heavy (non-hydrogen) atoms. The summed E-state index contributed by atoms with van der Waals surface area (Å²) in [6, 6.07) is 0. The third-order valence-corrected chi connectivity index (χ3v) is 1.86. The largest absolute Gasteiger partial charge is 0.352 e. The predicted molar refractivity (Wildman–Crippen MR) is 59.9 cm³/mol. The van der Waals surface area contributed by atoms with Gasteiger partial charge >= 0.3 is 0 Å². The van der Waals surface area contributed by atoms with Gasteiger partial charge in [-0.1, -0.05) is 13.5 Å². The number of nitrogens with one attached hydrogen (secondary N) is 1. The summed E-state index contributed by atoms with van der Waals surface area (Å²) in [5.41, 5.74) is 0.572. The van der Waals surface area contributed by atoms with Crippen LogP contribution >= 0.6 is 0 Å². The summed E-state index contributed by atoms with van der Waals surface area (Å²) in [6.45, 7) is 9.23. The maximum Gasteiger partial charge on any atom is 0.246 e. The number of nitrogens with zero attached hydrogens (tertiary/aromatic N) is 1. The molecule has 82 valence electrons. The minimum atomic E-state index is -0.0433. The van der Waals surface area contributed by atoms with E-state index in [0.29, 0.717) is 11.5 Å². The Kier molecular flexibility index (Phi) is 4.85. The lowest BCUT2D eigenvalue weighted by Gasteiger charge is -2.27. The van der Waals surface area contributed by atoms with Crippen molar-refractivity contribution in [3.63, 3.8) is 0 Å². The molecule has 1 amide bonds. The number of quaternary nitrogens is 1. The molecule has 0 radical (unpaired) electrons. The third kappa shape index (κ3) is 6.66. The molecular formula is C11H23N2O+. The van der Waals surface area contributed by atoms with Crippen LogP contribution in [0.25, 0.3) is 0 Å². The lowest BCUT2D eigenvalue weighted by molar-refractivity contribution is -0.873. The Labute approximate surface area is 87.4 Å². The Balaban J connectivity index is 3.80. The van der Waals surface area contributed by atoms with E-state index in [-0.39, 0.29) is 5.91 Å². The quantitative estimate of drug-likeness (QED) is 0.520. The Morgan fingerprint density at radius 3 is 2.29 bits per heavy atom. The Bertz CT molecular complexity index is 216. The monoisotopic (exact) mass is 199 g/mol. The van der Waals surface area contributed by atoms with Gasteiger partial charge in [0, 0.05) is 18.0 Å². The van der Waals surface area contributed by atoms with Crippen LogP contribution in [0, 0.1) is 5.92 Å². The first-order valence-corrected chi connectivity index (χ1v) is 4.96. The van der Waals surface area contributed by atoms with E-state index in [1.165, 1.54) is 0 Å². The first-order chi connectivity index (χ1) is 6.22. The molecule has 3 heteroatoms. The molecule has 0 aromatic rings. The predicted octanol–water partition coefficient (Wildman–Crippen LogP) is 1.02. The molecule has 0 bridgehead atoms. The minimum absolute atomic E-state index is 0.0433. The van der Waals surface area contributed by atoms with Gasteiger partial charge < -0.3 is 9.80 Å². The van der Waals surface area contributed by atoms with Crippen LogP contribution in [0.15, 0.2) is 12.2 Å². The molecule has 0 rings (SSSR count). The number of rotatable bonds is 5. The summed E-state index contributed by atoms with van der Waals surface area (Å²) in [6.07, 6.45) is 0. The average molecular weight is 199 g/mol. The van der Waals surface area contributed by atoms with Crippen LogP contribution < -0.4 is 5.32 Å². The molecule has 1 atom stereocenters. The van der Waals surface area contributed by atoms with Crippen LogP contribution in [0.2, 0.25) is 0 Å². The number of hydrogen-bond donors (Lipinski definition) is 1. The van der Waals surface area contributed by atoms with Crippen LogP contribution in [0.1, 0.15) is 13.8 Å². The van der Waals surface area contributed by atoms with E-state index in [1.54, 1.807) is 6.92 Å². The van der Waals surface area contributed by atoms with Crippen LogP contribution in [0.5, 0.6) is 0 Å². The fourth-order valence-corrected chi connectivity index (χ4v) is 1.42. The van der Waals surface area contributed by atoms with Gasteiger partial charge in [0.1, 0.15) is 0 Å². The van der Waals surface area contributed by atoms with Crippen LogP contribution in [0.3, 0.4) is 0 Å². The maximum absolute atomic E-state index is 11.2. The van der Waals surface area contributed by atoms with Gasteiger partial charge in [0.05, 0.1) is 27.7 Å². The molecule has 0 aliphatic carbocycles. The van der Waals surface area contributed by atoms with Gasteiger partial charge in [0.2, 0.25) is 5.91 Å². The van der Waals surface area contributed by atoms with E-state index in [9.17, 15) is 4.79 Å². The normalized spacial score (nSPS) is 13.5. The van der Waals surface area contributed by atoms with E-state index in [0.717, 1.165) is 17.6 Å². The van der Waals surface area contributed by atoms with Crippen molar-refractivity contribution in [3.05, 3.63) is 12.2 Å². The number of carbonyl (C=O) groups is 1. The zero-order chi connectivity index (χ0) is 11.4. The molecule has 0 aliphatic rings. The molecule has 1 N–H and O–H groups in total. The van der Waals surface area contributed by atoms with Gasteiger partial charge in [-0.15, -0.1) is 0 Å². The van der Waals surface area contributed by atoms with Crippen LogP contribution in [0.4, 0.5) is 0 Å². The van der Waals surface area contributed by atoms with Gasteiger partial charge in [-0.3, -0.25) is 4.79 Å². The van der Waals surface area contributed by atoms with Gasteiger partial charge in [0.15, 0.2) is 0 Å². The minimum Gasteiger partial charge on any atom is -0.352 e. The summed E-state index contributed by atoms with van der Waals surface area (Å²) in [5.74, 6) is 0.441. The molecule has 3 nitrogen and oxygen atoms in total. The van der Waals surface area contributed by atoms with Crippen LogP contribution in [-0.2, 0) is 4.79 Å². The topological polar surface area (TPSA) is 29.1 Å². The summed E-state index contributed by atoms with van der Waals surface area (Å²) in [5, 5.41) is 2.86. The third-order valence-electron chi connectivity index (χ3n) is 1.86. The van der Waals surface area contributed by atoms with Crippen molar-refractivity contribution in [2.45, 2.75) is 13.8 Å². The Morgan fingerprint density at radius 2 is 1.93 bits per heavy atom. The van der Waals surface area contributed by atoms with E-state index in [2.05, 4.69) is 40.0 Å². The van der Waals surface area contributed by atoms with Crippen LogP contribution in [-0.4, -0.2) is 44.6 Å². The number of hydrogen-bond acceptors (Lipinski definition) is 1. The molecule has 0 spiro atoms. The van der Waals surface area contributed by atoms with Gasteiger partial charge in [0.25, 0.3) is 0 Å². The molecular weight excluding hydrogens is 176 g/mol. The molecule has 0 fully saturated rings. The van der Waals surface area contributed by atoms with Crippen molar-refractivity contribution >= 4 is 5.91 Å². The van der Waals surface area contributed by atoms with Crippen molar-refractivity contribution in [2.75, 3.05) is 34.2 Å². The summed E-state index contributed by atoms with van der Waals surface area (Å²) in [7, 11) is 6.45. The Hall–Kier alpha value is -0.830. The lowest BCUT2D eigenvalue weighted by atomic mass is 10.1. The molecule has 0 heterocycles. The van der Waals surface area contributed by atoms with Crippen molar-refractivity contribution < 1.29 is 9.28 Å². The summed E-state index contributed by atoms with van der Waals surface area (Å²) in [4.78, 5) is 11.2. The highest BCUT2D eigenvalue weighted by Crippen LogP contribution is 2.01. The van der Waals surface area contributed by atoms with Crippen molar-refractivity contribution in [3.8, 4) is 0 Å². The van der Waals surface area contributed by atoms with E-state index >= 15 is 0 Å². The van der Waals surface area contributed by atoms with Crippen molar-refractivity contribution in [1.29, 1.82) is 0 Å². The first-order valence-electron chi connectivity index (χ1n) is 4.96. The SMILES string of the molecule is C=C(C)C(=O)NCC(C)C[N+](C)(C)C. The van der Waals surface area contributed by atoms with Gasteiger partial charge in [-0.05, 0) is 6.92 Å². The van der Waals surface area contributed by atoms with Gasteiger partial charge in [-0.25, -0.2) is 0 Å². The summed E-state index contributed by atoms with van der Waals surface area (Å²) < 4.78 is 0.921. The second-order valence-corrected chi connectivity index (χ2v) is 5.07. The fourth-order valence-electron chi connectivity index (χ4n) is 1.42. The smallest absolute Gasteiger partial charge is 0.246 e. The second-order valence-electron chi connectivity index (χ2n) is 5.07. The molecule has 1 unspecified atom stereocenters. The molecule has 0 aromatic carbocycles. The lowest BCUT2D eigenvalue weighted by Crippen LogP contribution is -2.42. The van der Waals surface area contributed by atoms with E-state index in [4.69, 9.17) is 0 Å². The molecule has 0 saturated carbocycles. The second kappa shape index (κ2) is 5.15. The van der Waals surface area contributed by atoms with E-state index < -0.39 is 0 Å². The standard InChI is InChI=1S/C11H22N2O/c1-9(2)11(14)12-7-10(3)8-13(4,5)6/h10H,1,7-8H2,2-6H3/p+1. The molecule has 0 saturated heterocycles.